The van der Waals surface area contributed by atoms with Crippen LogP contribution in [0, 0.1) is 0 Å². The standard InChI is InChI=1S/C13H11NO/c1-10(15)7-8-12-5-2-4-11-6-3-9-14-13(11)12/h2-9H,1H3/b8-7+. The number of rotatable bonds is 2. The lowest BCUT2D eigenvalue weighted by Crippen LogP contribution is -1.84. The SMILES string of the molecule is CC(=O)/C=C/c1cccc2cccnc12. The van der Waals surface area contributed by atoms with Gasteiger partial charge in [0.1, 0.15) is 0 Å². The zero-order valence-corrected chi connectivity index (χ0v) is 8.47. The summed E-state index contributed by atoms with van der Waals surface area (Å²) in [6.07, 6.45) is 5.12. The van der Waals surface area contributed by atoms with E-state index in [4.69, 9.17) is 0 Å². The number of hydrogen-bond donors (Lipinski definition) is 0. The Morgan fingerprint density at radius 1 is 1.27 bits per heavy atom. The van der Waals surface area contributed by atoms with E-state index in [1.807, 2.05) is 30.3 Å². The first-order chi connectivity index (χ1) is 7.27. The van der Waals surface area contributed by atoms with Crippen LogP contribution in [0.3, 0.4) is 0 Å². The maximum Gasteiger partial charge on any atom is 0.152 e. The van der Waals surface area contributed by atoms with Gasteiger partial charge in [-0.25, -0.2) is 0 Å². The molecule has 0 fully saturated rings. The first-order valence-corrected chi connectivity index (χ1v) is 4.80. The molecule has 15 heavy (non-hydrogen) atoms. The molecular weight excluding hydrogens is 186 g/mol. The Morgan fingerprint density at radius 3 is 2.87 bits per heavy atom. The molecule has 0 aliphatic carbocycles. The number of para-hydroxylation sites is 1. The van der Waals surface area contributed by atoms with Gasteiger partial charge in [0.05, 0.1) is 5.52 Å². The van der Waals surface area contributed by atoms with Crippen LogP contribution in [0.15, 0.2) is 42.6 Å². The van der Waals surface area contributed by atoms with Gasteiger partial charge in [-0.15, -0.1) is 0 Å². The number of allylic oxidation sites excluding steroid dienone is 1. The summed E-state index contributed by atoms with van der Waals surface area (Å²) in [6, 6.07) is 9.83. The number of pyridine rings is 1. The zero-order valence-electron chi connectivity index (χ0n) is 8.47. The highest BCUT2D eigenvalue weighted by atomic mass is 16.1. The topological polar surface area (TPSA) is 30.0 Å². The highest BCUT2D eigenvalue weighted by molar-refractivity contribution is 5.95. The summed E-state index contributed by atoms with van der Waals surface area (Å²) < 4.78 is 0. The van der Waals surface area contributed by atoms with Crippen molar-refractivity contribution in [3.8, 4) is 0 Å². The van der Waals surface area contributed by atoms with E-state index in [9.17, 15) is 4.79 Å². The van der Waals surface area contributed by atoms with Crippen molar-refractivity contribution in [2.45, 2.75) is 6.92 Å². The molecule has 0 saturated carbocycles. The van der Waals surface area contributed by atoms with Gasteiger partial charge in [0, 0.05) is 17.1 Å². The van der Waals surface area contributed by atoms with Gasteiger partial charge >= 0.3 is 0 Å². The van der Waals surface area contributed by atoms with Crippen molar-refractivity contribution >= 4 is 22.8 Å². The molecule has 0 aliphatic heterocycles. The largest absolute Gasteiger partial charge is 0.295 e. The van der Waals surface area contributed by atoms with Crippen LogP contribution in [-0.4, -0.2) is 10.8 Å². The van der Waals surface area contributed by atoms with Crippen LogP contribution >= 0.6 is 0 Å². The van der Waals surface area contributed by atoms with Crippen LogP contribution in [0.4, 0.5) is 0 Å². The van der Waals surface area contributed by atoms with Gasteiger partial charge in [0.25, 0.3) is 0 Å². The Hall–Kier alpha value is -1.96. The molecule has 0 radical (unpaired) electrons. The Morgan fingerprint density at radius 2 is 2.07 bits per heavy atom. The molecule has 1 aromatic carbocycles. The number of aromatic nitrogens is 1. The van der Waals surface area contributed by atoms with Crippen LogP contribution in [0.25, 0.3) is 17.0 Å². The second-order valence-electron chi connectivity index (χ2n) is 3.37. The number of carbonyl (C=O) groups excluding carboxylic acids is 1. The summed E-state index contributed by atoms with van der Waals surface area (Å²) in [5.74, 6) is 0.0444. The maximum atomic E-state index is 10.8. The molecule has 0 saturated heterocycles. The second-order valence-corrected chi connectivity index (χ2v) is 3.37. The van der Waals surface area contributed by atoms with Crippen molar-refractivity contribution < 1.29 is 4.79 Å². The van der Waals surface area contributed by atoms with Crippen LogP contribution in [-0.2, 0) is 4.79 Å². The fourth-order valence-electron chi connectivity index (χ4n) is 1.47. The van der Waals surface area contributed by atoms with Gasteiger partial charge < -0.3 is 0 Å². The molecule has 2 aromatic rings. The molecule has 0 atom stereocenters. The average molecular weight is 197 g/mol. The van der Waals surface area contributed by atoms with Crippen molar-refractivity contribution in [3.63, 3.8) is 0 Å². The molecule has 0 bridgehead atoms. The first kappa shape index (κ1) is 9.59. The van der Waals surface area contributed by atoms with E-state index in [0.717, 1.165) is 16.5 Å². The third-order valence-electron chi connectivity index (χ3n) is 2.16. The molecule has 0 spiro atoms. The average Bonchev–Trinajstić information content (AvgIpc) is 2.26. The number of hydrogen-bond acceptors (Lipinski definition) is 2. The summed E-state index contributed by atoms with van der Waals surface area (Å²) in [5.41, 5.74) is 1.90. The minimum absolute atomic E-state index is 0.0444. The quantitative estimate of drug-likeness (QED) is 0.693. The van der Waals surface area contributed by atoms with Gasteiger partial charge in [-0.3, -0.25) is 9.78 Å². The summed E-state index contributed by atoms with van der Waals surface area (Å²) >= 11 is 0. The van der Waals surface area contributed by atoms with E-state index >= 15 is 0 Å². The lowest BCUT2D eigenvalue weighted by molar-refractivity contribution is -0.112. The van der Waals surface area contributed by atoms with Gasteiger partial charge in [0.2, 0.25) is 0 Å². The Labute approximate surface area is 88.3 Å². The highest BCUT2D eigenvalue weighted by Crippen LogP contribution is 2.16. The van der Waals surface area contributed by atoms with Gasteiger partial charge in [-0.05, 0) is 25.1 Å². The molecule has 0 unspecified atom stereocenters. The minimum atomic E-state index is 0.0444. The predicted octanol–water partition coefficient (Wildman–Crippen LogP) is 2.84. The lowest BCUT2D eigenvalue weighted by Gasteiger charge is -1.99. The van der Waals surface area contributed by atoms with Crippen LogP contribution in [0.1, 0.15) is 12.5 Å². The van der Waals surface area contributed by atoms with E-state index in [0.29, 0.717) is 0 Å². The van der Waals surface area contributed by atoms with E-state index in [-0.39, 0.29) is 5.78 Å². The Bertz CT molecular complexity index is 524. The highest BCUT2D eigenvalue weighted by Gasteiger charge is 1.97. The number of fused-ring (bicyclic) bond motifs is 1. The van der Waals surface area contributed by atoms with Crippen molar-refractivity contribution in [2.75, 3.05) is 0 Å². The predicted molar refractivity (Wildman–Crippen MR) is 61.5 cm³/mol. The number of benzene rings is 1. The van der Waals surface area contributed by atoms with Crippen molar-refractivity contribution in [3.05, 3.63) is 48.2 Å². The van der Waals surface area contributed by atoms with E-state index in [1.165, 1.54) is 6.92 Å². The van der Waals surface area contributed by atoms with E-state index in [1.54, 1.807) is 18.3 Å². The van der Waals surface area contributed by atoms with E-state index in [2.05, 4.69) is 4.98 Å². The van der Waals surface area contributed by atoms with Gasteiger partial charge in [0.15, 0.2) is 5.78 Å². The minimum Gasteiger partial charge on any atom is -0.295 e. The van der Waals surface area contributed by atoms with Crippen molar-refractivity contribution in [1.82, 2.24) is 4.98 Å². The fourth-order valence-corrected chi connectivity index (χ4v) is 1.47. The molecule has 0 amide bonds. The number of nitrogens with zero attached hydrogens (tertiary/aromatic N) is 1. The number of carbonyl (C=O) groups is 1. The smallest absolute Gasteiger partial charge is 0.152 e. The van der Waals surface area contributed by atoms with Crippen LogP contribution in [0.5, 0.6) is 0 Å². The monoisotopic (exact) mass is 197 g/mol. The zero-order chi connectivity index (χ0) is 10.7. The maximum absolute atomic E-state index is 10.8. The Kier molecular flexibility index (Phi) is 2.59. The fraction of sp³-hybridized carbons (Fsp3) is 0.0769. The molecule has 1 aromatic heterocycles. The molecule has 2 heteroatoms. The van der Waals surface area contributed by atoms with Crippen molar-refractivity contribution in [1.29, 1.82) is 0 Å². The molecule has 1 heterocycles. The van der Waals surface area contributed by atoms with Crippen molar-refractivity contribution in [2.24, 2.45) is 0 Å². The van der Waals surface area contributed by atoms with Crippen LogP contribution in [0.2, 0.25) is 0 Å². The molecule has 0 N–H and O–H groups in total. The summed E-state index contributed by atoms with van der Waals surface area (Å²) in [5, 5.41) is 1.09. The van der Waals surface area contributed by atoms with Gasteiger partial charge in [-0.2, -0.15) is 0 Å². The molecule has 2 nitrogen and oxygen atoms in total. The third-order valence-corrected chi connectivity index (χ3v) is 2.16. The van der Waals surface area contributed by atoms with Crippen LogP contribution < -0.4 is 0 Å². The van der Waals surface area contributed by atoms with E-state index < -0.39 is 0 Å². The summed E-state index contributed by atoms with van der Waals surface area (Å²) in [6.45, 7) is 1.54. The summed E-state index contributed by atoms with van der Waals surface area (Å²) in [7, 11) is 0. The second kappa shape index (κ2) is 4.05. The first-order valence-electron chi connectivity index (χ1n) is 4.80. The third kappa shape index (κ3) is 2.10. The summed E-state index contributed by atoms with van der Waals surface area (Å²) in [4.78, 5) is 15.1. The molecule has 74 valence electrons. The molecule has 0 aliphatic rings. The number of ketones is 1. The molecule has 2 rings (SSSR count). The van der Waals surface area contributed by atoms with Gasteiger partial charge in [-0.1, -0.05) is 24.3 Å². The lowest BCUT2D eigenvalue weighted by atomic mass is 10.1. The normalized spacial score (nSPS) is 11.0. The Balaban J connectivity index is 2.56. The molecular formula is C13H11NO.